The van der Waals surface area contributed by atoms with Crippen LogP contribution in [0.1, 0.15) is 27.0 Å². The number of anilines is 1. The second kappa shape index (κ2) is 12.0. The molecule has 0 aliphatic carbocycles. The number of nitrogens with zero attached hydrogens (tertiary/aromatic N) is 2. The van der Waals surface area contributed by atoms with Gasteiger partial charge >= 0.3 is 0 Å². The molecule has 0 aromatic heterocycles. The average molecular weight is 587 g/mol. The highest BCUT2D eigenvalue weighted by molar-refractivity contribution is 7.92. The van der Waals surface area contributed by atoms with Gasteiger partial charge in [-0.15, -0.1) is 0 Å². The summed E-state index contributed by atoms with van der Waals surface area (Å²) >= 11 is 18.4. The lowest BCUT2D eigenvalue weighted by atomic mass is 10.1. The minimum Gasteiger partial charge on any atom is -0.267 e. The maximum Gasteiger partial charge on any atom is 0.273 e. The van der Waals surface area contributed by atoms with Gasteiger partial charge in [0.15, 0.2) is 0 Å². The van der Waals surface area contributed by atoms with Crippen molar-refractivity contribution in [2.24, 2.45) is 5.10 Å². The first kappa shape index (κ1) is 27.7. The Morgan fingerprint density at radius 1 is 0.868 bits per heavy atom. The minimum absolute atomic E-state index is 0.0316. The molecule has 38 heavy (non-hydrogen) atoms. The normalized spacial score (nSPS) is 11.5. The Kier molecular flexibility index (Phi) is 8.74. The minimum atomic E-state index is -4.06. The molecule has 0 saturated heterocycles. The highest BCUT2D eigenvalue weighted by atomic mass is 35.5. The van der Waals surface area contributed by atoms with Gasteiger partial charge in [-0.2, -0.15) is 5.10 Å². The first-order valence-electron chi connectivity index (χ1n) is 11.4. The largest absolute Gasteiger partial charge is 0.273 e. The van der Waals surface area contributed by atoms with Crippen LogP contribution >= 0.6 is 34.8 Å². The number of nitrogens with one attached hydrogen (secondary N) is 1. The van der Waals surface area contributed by atoms with Crippen molar-refractivity contribution in [3.05, 3.63) is 128 Å². The molecule has 1 amide bonds. The number of carbonyl (C=O) groups is 1. The molecule has 0 atom stereocenters. The summed E-state index contributed by atoms with van der Waals surface area (Å²) in [6.45, 7) is 1.84. The van der Waals surface area contributed by atoms with Crippen molar-refractivity contribution in [3.8, 4) is 0 Å². The fourth-order valence-corrected chi connectivity index (χ4v) is 5.72. The zero-order valence-electron chi connectivity index (χ0n) is 20.1. The van der Waals surface area contributed by atoms with Crippen molar-refractivity contribution in [3.63, 3.8) is 0 Å². The number of hydrogen-bond donors (Lipinski definition) is 1. The van der Waals surface area contributed by atoms with Gasteiger partial charge in [0, 0.05) is 10.6 Å². The summed E-state index contributed by atoms with van der Waals surface area (Å²) in [5, 5.41) is 5.25. The van der Waals surface area contributed by atoms with Crippen LogP contribution < -0.4 is 9.73 Å². The molecule has 10 heteroatoms. The molecule has 0 saturated carbocycles. The SMILES string of the molecule is Cc1ccc(S(=O)(=O)N(Cc2ccc(Cl)cc2)c2ccccc2C(=O)N/N=C/c2c(Cl)cccc2Cl)cc1. The lowest BCUT2D eigenvalue weighted by Crippen LogP contribution is -2.33. The number of aryl methyl sites for hydroxylation is 1. The summed E-state index contributed by atoms with van der Waals surface area (Å²) in [4.78, 5) is 13.3. The topological polar surface area (TPSA) is 78.8 Å². The van der Waals surface area contributed by atoms with Crippen LogP contribution in [0.5, 0.6) is 0 Å². The van der Waals surface area contributed by atoms with Gasteiger partial charge in [0.05, 0.1) is 39.0 Å². The molecule has 4 rings (SSSR count). The highest BCUT2D eigenvalue weighted by Crippen LogP contribution is 2.30. The van der Waals surface area contributed by atoms with E-state index >= 15 is 0 Å². The Hall–Kier alpha value is -3.36. The Morgan fingerprint density at radius 2 is 1.50 bits per heavy atom. The summed E-state index contributed by atoms with van der Waals surface area (Å²) in [5.41, 5.74) is 4.79. The van der Waals surface area contributed by atoms with Gasteiger partial charge in [-0.25, -0.2) is 13.8 Å². The van der Waals surface area contributed by atoms with E-state index in [0.717, 1.165) is 5.56 Å². The van der Waals surface area contributed by atoms with Crippen LogP contribution in [0, 0.1) is 6.92 Å². The smallest absolute Gasteiger partial charge is 0.267 e. The average Bonchev–Trinajstić information content (AvgIpc) is 2.90. The molecule has 0 radical (unpaired) electrons. The van der Waals surface area contributed by atoms with Gasteiger partial charge < -0.3 is 0 Å². The van der Waals surface area contributed by atoms with Gasteiger partial charge in [-0.05, 0) is 61.0 Å². The van der Waals surface area contributed by atoms with E-state index in [0.29, 0.717) is 26.2 Å². The zero-order valence-corrected chi connectivity index (χ0v) is 23.2. The molecule has 4 aromatic rings. The third-order valence-corrected chi connectivity index (χ3v) is 8.31. The van der Waals surface area contributed by atoms with Crippen LogP contribution in [0.4, 0.5) is 5.69 Å². The molecule has 0 spiro atoms. The van der Waals surface area contributed by atoms with Gasteiger partial charge in [0.1, 0.15) is 0 Å². The third-order valence-electron chi connectivity index (χ3n) is 5.63. The van der Waals surface area contributed by atoms with E-state index in [4.69, 9.17) is 34.8 Å². The Bertz CT molecular complexity index is 1570. The molecule has 0 bridgehead atoms. The van der Waals surface area contributed by atoms with Gasteiger partial charge in [-0.1, -0.05) is 82.8 Å². The van der Waals surface area contributed by atoms with E-state index in [1.54, 1.807) is 84.9 Å². The van der Waals surface area contributed by atoms with Gasteiger partial charge in [-0.3, -0.25) is 9.10 Å². The summed E-state index contributed by atoms with van der Waals surface area (Å²) in [5.74, 6) is -0.611. The molecule has 1 N–H and O–H groups in total. The van der Waals surface area contributed by atoms with E-state index in [9.17, 15) is 13.2 Å². The second-order valence-electron chi connectivity index (χ2n) is 8.30. The van der Waals surface area contributed by atoms with E-state index in [1.807, 2.05) is 6.92 Å². The number of benzene rings is 4. The van der Waals surface area contributed by atoms with Crippen molar-refractivity contribution in [2.45, 2.75) is 18.4 Å². The Morgan fingerprint density at radius 3 is 2.16 bits per heavy atom. The lowest BCUT2D eigenvalue weighted by molar-refractivity contribution is 0.0955. The van der Waals surface area contributed by atoms with Crippen LogP contribution in [-0.4, -0.2) is 20.5 Å². The standard InChI is InChI=1S/C28H22Cl3N3O3S/c1-19-9-15-22(16-10-19)38(36,37)34(18-20-11-13-21(29)14-12-20)27-8-3-2-5-23(27)28(35)33-32-17-24-25(30)6-4-7-26(24)31/h2-17H,18H2,1H3,(H,33,35)/b32-17+. The fraction of sp³-hybridized carbons (Fsp3) is 0.0714. The molecule has 0 unspecified atom stereocenters. The molecule has 4 aromatic carbocycles. The van der Waals surface area contributed by atoms with Crippen molar-refractivity contribution >= 4 is 62.6 Å². The van der Waals surface area contributed by atoms with Crippen molar-refractivity contribution in [1.29, 1.82) is 0 Å². The fourth-order valence-electron chi connectivity index (χ4n) is 3.63. The van der Waals surface area contributed by atoms with Gasteiger partial charge in [0.2, 0.25) is 0 Å². The molecular weight excluding hydrogens is 565 g/mol. The number of hydrazone groups is 1. The predicted molar refractivity (Wildman–Crippen MR) is 154 cm³/mol. The molecule has 6 nitrogen and oxygen atoms in total. The van der Waals surface area contributed by atoms with Crippen LogP contribution in [-0.2, 0) is 16.6 Å². The number of rotatable bonds is 8. The van der Waals surface area contributed by atoms with E-state index in [-0.39, 0.29) is 22.7 Å². The van der Waals surface area contributed by atoms with Crippen molar-refractivity contribution in [2.75, 3.05) is 4.31 Å². The molecule has 0 aliphatic heterocycles. The van der Waals surface area contributed by atoms with Crippen LogP contribution in [0.25, 0.3) is 0 Å². The van der Waals surface area contributed by atoms with E-state index < -0.39 is 15.9 Å². The molecule has 0 heterocycles. The summed E-state index contributed by atoms with van der Waals surface area (Å²) in [7, 11) is -4.06. The number of hydrogen-bond acceptors (Lipinski definition) is 4. The number of amides is 1. The van der Waals surface area contributed by atoms with Crippen LogP contribution in [0.15, 0.2) is 101 Å². The predicted octanol–water partition coefficient (Wildman–Crippen LogP) is 7.11. The summed E-state index contributed by atoms with van der Waals surface area (Å²) in [6.07, 6.45) is 1.33. The van der Waals surface area contributed by atoms with E-state index in [2.05, 4.69) is 10.5 Å². The second-order valence-corrected chi connectivity index (χ2v) is 11.4. The van der Waals surface area contributed by atoms with E-state index in [1.165, 1.54) is 16.6 Å². The zero-order chi connectivity index (χ0) is 27.3. The van der Waals surface area contributed by atoms with Crippen LogP contribution in [0.3, 0.4) is 0 Å². The monoisotopic (exact) mass is 585 g/mol. The Labute approximate surface area is 236 Å². The van der Waals surface area contributed by atoms with Crippen LogP contribution in [0.2, 0.25) is 15.1 Å². The first-order valence-corrected chi connectivity index (χ1v) is 13.9. The highest BCUT2D eigenvalue weighted by Gasteiger charge is 2.28. The van der Waals surface area contributed by atoms with Crippen molar-refractivity contribution < 1.29 is 13.2 Å². The quantitative estimate of drug-likeness (QED) is 0.176. The molecule has 194 valence electrons. The molecular formula is C28H22Cl3N3O3S. The van der Waals surface area contributed by atoms with Gasteiger partial charge in [0.25, 0.3) is 15.9 Å². The van der Waals surface area contributed by atoms with Crippen molar-refractivity contribution in [1.82, 2.24) is 5.43 Å². The Balaban J connectivity index is 1.72. The molecule has 0 fully saturated rings. The maximum atomic E-state index is 13.9. The molecule has 0 aliphatic rings. The number of halogens is 3. The maximum absolute atomic E-state index is 13.9. The third kappa shape index (κ3) is 6.37. The summed E-state index contributed by atoms with van der Waals surface area (Å²) in [6, 6.07) is 24.8. The number of para-hydroxylation sites is 1. The first-order chi connectivity index (χ1) is 18.2. The summed E-state index contributed by atoms with van der Waals surface area (Å²) < 4.78 is 28.9. The lowest BCUT2D eigenvalue weighted by Gasteiger charge is -2.26. The number of sulfonamides is 1. The number of carbonyl (C=O) groups excluding carboxylic acids is 1.